The fraction of sp³-hybridized carbons (Fsp3) is 0.394. The lowest BCUT2D eigenvalue weighted by Gasteiger charge is -2.34. The number of amides is 2. The quantitative estimate of drug-likeness (QED) is 0.255. The maximum atomic E-state index is 14.3. The molecule has 2 unspecified atom stereocenters. The summed E-state index contributed by atoms with van der Waals surface area (Å²) in [6.07, 6.45) is 1.03. The maximum Gasteiger partial charge on any atom is 0.264 e. The van der Waals surface area contributed by atoms with Gasteiger partial charge in [0.2, 0.25) is 11.8 Å². The lowest BCUT2D eigenvalue weighted by Crippen LogP contribution is -2.53. The first-order valence-corrected chi connectivity index (χ1v) is 16.0. The number of anilines is 1. The first kappa shape index (κ1) is 34.2. The van der Waals surface area contributed by atoms with Crippen molar-refractivity contribution in [2.24, 2.45) is 0 Å². The third kappa shape index (κ3) is 8.22. The Labute approximate surface area is 261 Å². The Hall–Kier alpha value is -4.25. The van der Waals surface area contributed by atoms with Gasteiger partial charge >= 0.3 is 0 Å². The molecule has 0 saturated carbocycles. The average Bonchev–Trinajstić information content (AvgIpc) is 3.03. The topological polar surface area (TPSA) is 114 Å². The number of aryl methyl sites for hydroxylation is 1. The molecule has 0 aromatic heterocycles. The highest BCUT2D eigenvalue weighted by Gasteiger charge is 2.34. The van der Waals surface area contributed by atoms with Crippen LogP contribution >= 0.6 is 0 Å². The fourth-order valence-electron chi connectivity index (χ4n) is 4.67. The summed E-state index contributed by atoms with van der Waals surface area (Å²) >= 11 is 0. The summed E-state index contributed by atoms with van der Waals surface area (Å²) in [5.41, 5.74) is 1.82. The first-order chi connectivity index (χ1) is 21.0. The number of hydrogen-bond acceptors (Lipinski definition) is 7. The van der Waals surface area contributed by atoms with E-state index in [0.29, 0.717) is 30.1 Å². The molecule has 10 nitrogen and oxygen atoms in total. The van der Waals surface area contributed by atoms with Crippen LogP contribution in [0.4, 0.5) is 5.69 Å². The molecule has 2 atom stereocenters. The van der Waals surface area contributed by atoms with Crippen LogP contribution in [0.2, 0.25) is 0 Å². The molecule has 0 aliphatic rings. The number of rotatable bonds is 15. The minimum atomic E-state index is -4.23. The minimum absolute atomic E-state index is 0.0200. The minimum Gasteiger partial charge on any atom is -0.497 e. The van der Waals surface area contributed by atoms with Crippen LogP contribution in [0.1, 0.15) is 44.7 Å². The zero-order valence-corrected chi connectivity index (χ0v) is 27.3. The van der Waals surface area contributed by atoms with Gasteiger partial charge in [-0.1, -0.05) is 43.7 Å². The van der Waals surface area contributed by atoms with E-state index in [1.165, 1.54) is 37.3 Å². The predicted octanol–water partition coefficient (Wildman–Crippen LogP) is 4.94. The van der Waals surface area contributed by atoms with Gasteiger partial charge in [0.05, 0.1) is 31.9 Å². The van der Waals surface area contributed by atoms with Crippen molar-refractivity contribution in [3.8, 4) is 17.2 Å². The highest BCUT2D eigenvalue weighted by Crippen LogP contribution is 2.34. The molecule has 1 N–H and O–H groups in total. The third-order valence-electron chi connectivity index (χ3n) is 7.42. The predicted molar refractivity (Wildman–Crippen MR) is 171 cm³/mol. The Morgan fingerprint density at radius 2 is 1.55 bits per heavy atom. The molecule has 2 amide bonds. The molecular formula is C33H43N3O7S. The normalized spacial score (nSPS) is 12.5. The molecule has 3 aromatic carbocycles. The molecule has 0 aliphatic heterocycles. The van der Waals surface area contributed by atoms with Crippen molar-refractivity contribution in [1.29, 1.82) is 0 Å². The van der Waals surface area contributed by atoms with E-state index in [-0.39, 0.29) is 29.1 Å². The largest absolute Gasteiger partial charge is 0.497 e. The lowest BCUT2D eigenvalue weighted by atomic mass is 10.1. The molecule has 238 valence electrons. The van der Waals surface area contributed by atoms with Gasteiger partial charge in [0.25, 0.3) is 10.0 Å². The molecule has 0 saturated heterocycles. The highest BCUT2D eigenvalue weighted by atomic mass is 32.2. The number of benzene rings is 3. The molecule has 3 aromatic rings. The Kier molecular flexibility index (Phi) is 12.0. The smallest absolute Gasteiger partial charge is 0.264 e. The maximum absolute atomic E-state index is 14.3. The van der Waals surface area contributed by atoms with E-state index in [0.717, 1.165) is 15.4 Å². The zero-order valence-electron chi connectivity index (χ0n) is 26.5. The van der Waals surface area contributed by atoms with Gasteiger partial charge in [0.15, 0.2) is 11.5 Å². The third-order valence-corrected chi connectivity index (χ3v) is 9.21. The van der Waals surface area contributed by atoms with E-state index in [1.807, 2.05) is 33.8 Å². The summed E-state index contributed by atoms with van der Waals surface area (Å²) in [4.78, 5) is 29.2. The molecule has 11 heteroatoms. The van der Waals surface area contributed by atoms with Crippen molar-refractivity contribution in [1.82, 2.24) is 10.2 Å². The summed E-state index contributed by atoms with van der Waals surface area (Å²) in [7, 11) is 0.242. The first-order valence-electron chi connectivity index (χ1n) is 14.5. The Bertz CT molecular complexity index is 1530. The average molecular weight is 626 g/mol. The Morgan fingerprint density at radius 3 is 2.14 bits per heavy atom. The zero-order chi connectivity index (χ0) is 32.4. The van der Waals surface area contributed by atoms with Gasteiger partial charge in [0, 0.05) is 18.7 Å². The second-order valence-corrected chi connectivity index (χ2v) is 12.3. The summed E-state index contributed by atoms with van der Waals surface area (Å²) < 4.78 is 45.5. The van der Waals surface area contributed by atoms with E-state index in [1.54, 1.807) is 49.6 Å². The summed E-state index contributed by atoms with van der Waals surface area (Å²) in [6, 6.07) is 17.3. The number of ether oxygens (including phenoxy) is 3. The van der Waals surface area contributed by atoms with Crippen LogP contribution in [0.5, 0.6) is 17.2 Å². The number of nitrogens with zero attached hydrogens (tertiary/aromatic N) is 2. The second kappa shape index (κ2) is 15.5. The van der Waals surface area contributed by atoms with Crippen LogP contribution in [-0.4, -0.2) is 65.1 Å². The SMILES string of the molecule is CCC(C)NC(=O)C(CC)N(Cc1cccc(OC)c1)C(=O)CN(c1ccc(OC)c(OC)c1)S(=O)(=O)c1ccc(C)cc1. The van der Waals surface area contributed by atoms with Gasteiger partial charge in [-0.05, 0) is 68.7 Å². The van der Waals surface area contributed by atoms with Crippen molar-refractivity contribution >= 4 is 27.5 Å². The molecular weight excluding hydrogens is 582 g/mol. The molecule has 0 radical (unpaired) electrons. The van der Waals surface area contributed by atoms with Crippen LogP contribution in [0.25, 0.3) is 0 Å². The molecule has 0 spiro atoms. The van der Waals surface area contributed by atoms with Crippen molar-refractivity contribution in [2.75, 3.05) is 32.2 Å². The standard InChI is InChI=1S/C33H43N3O7S/c1-8-24(4)34-33(38)29(9-2)35(21-25-11-10-12-27(19-25)41-5)32(37)22-36(26-15-18-30(42-6)31(20-26)43-7)44(39,40)28-16-13-23(3)14-17-28/h10-20,24,29H,8-9,21-22H2,1-7H3,(H,34,38). The summed E-state index contributed by atoms with van der Waals surface area (Å²) in [5, 5.41) is 2.98. The van der Waals surface area contributed by atoms with Gasteiger partial charge in [-0.2, -0.15) is 0 Å². The van der Waals surface area contributed by atoms with E-state index < -0.39 is 28.5 Å². The molecule has 44 heavy (non-hydrogen) atoms. The molecule has 0 fully saturated rings. The number of carbonyl (C=O) groups is 2. The van der Waals surface area contributed by atoms with Crippen LogP contribution in [0, 0.1) is 6.92 Å². The fourth-order valence-corrected chi connectivity index (χ4v) is 6.08. The number of sulfonamides is 1. The van der Waals surface area contributed by atoms with E-state index in [2.05, 4.69) is 5.32 Å². The number of methoxy groups -OCH3 is 3. The van der Waals surface area contributed by atoms with Gasteiger partial charge in [-0.3, -0.25) is 13.9 Å². The summed E-state index contributed by atoms with van der Waals surface area (Å²) in [5.74, 6) is 0.444. The second-order valence-electron chi connectivity index (χ2n) is 10.5. The van der Waals surface area contributed by atoms with Crippen molar-refractivity contribution in [3.05, 3.63) is 77.9 Å². The van der Waals surface area contributed by atoms with Gasteiger partial charge < -0.3 is 24.4 Å². The van der Waals surface area contributed by atoms with Gasteiger partial charge in [-0.25, -0.2) is 8.42 Å². The number of hydrogen-bond donors (Lipinski definition) is 1. The molecule has 0 aliphatic carbocycles. The molecule has 0 heterocycles. The van der Waals surface area contributed by atoms with Crippen molar-refractivity contribution < 1.29 is 32.2 Å². The monoisotopic (exact) mass is 625 g/mol. The van der Waals surface area contributed by atoms with Gasteiger partial charge in [0.1, 0.15) is 18.3 Å². The highest BCUT2D eigenvalue weighted by molar-refractivity contribution is 7.92. The molecule has 3 rings (SSSR count). The number of carbonyl (C=O) groups excluding carboxylic acids is 2. The molecule has 0 bridgehead atoms. The van der Waals surface area contributed by atoms with E-state index in [9.17, 15) is 18.0 Å². The van der Waals surface area contributed by atoms with Crippen molar-refractivity contribution in [3.63, 3.8) is 0 Å². The van der Waals surface area contributed by atoms with Crippen LogP contribution < -0.4 is 23.8 Å². The Balaban J connectivity index is 2.13. The van der Waals surface area contributed by atoms with Gasteiger partial charge in [-0.15, -0.1) is 0 Å². The van der Waals surface area contributed by atoms with E-state index in [4.69, 9.17) is 14.2 Å². The van der Waals surface area contributed by atoms with Crippen LogP contribution in [0.3, 0.4) is 0 Å². The van der Waals surface area contributed by atoms with Crippen molar-refractivity contribution in [2.45, 2.75) is 64.1 Å². The van der Waals surface area contributed by atoms with Crippen LogP contribution in [-0.2, 0) is 26.2 Å². The summed E-state index contributed by atoms with van der Waals surface area (Å²) in [6.45, 7) is 7.03. The number of nitrogens with one attached hydrogen (secondary N) is 1. The van der Waals surface area contributed by atoms with E-state index >= 15 is 0 Å². The Morgan fingerprint density at radius 1 is 0.864 bits per heavy atom. The lowest BCUT2D eigenvalue weighted by molar-refractivity contribution is -0.140. The van der Waals surface area contributed by atoms with Crippen LogP contribution in [0.15, 0.2) is 71.6 Å².